The van der Waals surface area contributed by atoms with Gasteiger partial charge in [-0.2, -0.15) is 4.39 Å². The summed E-state index contributed by atoms with van der Waals surface area (Å²) in [7, 11) is 1.26. The van der Waals surface area contributed by atoms with Crippen LogP contribution in [0.15, 0.2) is 48.9 Å². The van der Waals surface area contributed by atoms with E-state index < -0.39 is 35.6 Å². The Kier molecular flexibility index (Phi) is 11.4. The number of carboxylic acids is 1. The molecule has 51 heavy (non-hydrogen) atoms. The second kappa shape index (κ2) is 15.9. The van der Waals surface area contributed by atoms with Crippen molar-refractivity contribution in [1.29, 1.82) is 0 Å². The molecule has 0 radical (unpaired) electrons. The number of carboxylic acid groups (broad SMARTS) is 1. The van der Waals surface area contributed by atoms with Gasteiger partial charge in [-0.25, -0.2) is 14.4 Å². The highest BCUT2D eigenvalue weighted by molar-refractivity contribution is 5.96. The van der Waals surface area contributed by atoms with E-state index in [1.54, 1.807) is 45.5 Å². The summed E-state index contributed by atoms with van der Waals surface area (Å²) < 4.78 is 35.8. The molecule has 2 aromatic heterocycles. The quantitative estimate of drug-likeness (QED) is 0.136. The van der Waals surface area contributed by atoms with Gasteiger partial charge < -0.3 is 41.7 Å². The number of nitrogens with two attached hydrogens (primary N) is 2. The summed E-state index contributed by atoms with van der Waals surface area (Å²) in [4.78, 5) is 62.1. The molecule has 2 atom stereocenters. The normalized spacial score (nSPS) is 14.2. The van der Waals surface area contributed by atoms with Crippen LogP contribution < -0.4 is 26.8 Å². The second-order valence-electron chi connectivity index (χ2n) is 12.0. The Morgan fingerprint density at radius 2 is 1.75 bits per heavy atom. The third kappa shape index (κ3) is 8.05. The highest BCUT2D eigenvalue weighted by Crippen LogP contribution is 2.31. The van der Waals surface area contributed by atoms with Gasteiger partial charge >= 0.3 is 5.97 Å². The number of piperazine rings is 1. The van der Waals surface area contributed by atoms with Gasteiger partial charge in [0.1, 0.15) is 12.1 Å². The van der Waals surface area contributed by atoms with Crippen molar-refractivity contribution in [3.63, 3.8) is 0 Å². The molecule has 2 unspecified atom stereocenters. The van der Waals surface area contributed by atoms with Crippen LogP contribution in [0.1, 0.15) is 35.2 Å². The number of aromatic nitrogens is 3. The van der Waals surface area contributed by atoms with Gasteiger partial charge in [-0.05, 0) is 62.2 Å². The molecule has 1 aliphatic rings. The Morgan fingerprint density at radius 3 is 2.41 bits per heavy atom. The molecule has 0 bridgehead atoms. The Morgan fingerprint density at radius 1 is 1.02 bits per heavy atom. The number of carbonyl (C=O) groups is 4. The number of nitrogens with zero attached hydrogens (tertiary/aromatic N) is 5. The molecule has 1 aliphatic heterocycles. The zero-order chi connectivity index (χ0) is 36.8. The van der Waals surface area contributed by atoms with E-state index in [4.69, 9.17) is 21.3 Å². The molecular formula is C34H39F2N9O6. The summed E-state index contributed by atoms with van der Waals surface area (Å²) >= 11 is 0. The first-order valence-electron chi connectivity index (χ1n) is 16.2. The lowest BCUT2D eigenvalue weighted by Crippen LogP contribution is -2.56. The molecule has 7 N–H and O–H groups in total. The molecule has 0 aliphatic carbocycles. The fraction of sp³-hybridized carbons (Fsp3) is 0.353. The van der Waals surface area contributed by atoms with Crippen LogP contribution in [0.25, 0.3) is 16.9 Å². The number of aryl methyl sites for hydroxylation is 1. The molecule has 2 aromatic carbocycles. The van der Waals surface area contributed by atoms with E-state index in [1.165, 1.54) is 31.6 Å². The first kappa shape index (κ1) is 36.6. The maximum absolute atomic E-state index is 14.9. The summed E-state index contributed by atoms with van der Waals surface area (Å²) in [5.74, 6) is -4.28. The van der Waals surface area contributed by atoms with Crippen molar-refractivity contribution in [2.75, 3.05) is 45.2 Å². The van der Waals surface area contributed by atoms with E-state index in [0.29, 0.717) is 34.0 Å². The van der Waals surface area contributed by atoms with Crippen molar-refractivity contribution >= 4 is 40.8 Å². The highest BCUT2D eigenvalue weighted by Gasteiger charge is 2.30. The smallest absolute Gasteiger partial charge is 0.320 e. The number of methoxy groups -OCH3 is 1. The van der Waals surface area contributed by atoms with E-state index in [2.05, 4.69) is 20.6 Å². The first-order chi connectivity index (χ1) is 24.4. The van der Waals surface area contributed by atoms with Crippen LogP contribution in [0, 0.1) is 18.6 Å². The van der Waals surface area contributed by atoms with Crippen LogP contribution in [-0.2, 0) is 14.4 Å². The molecule has 5 rings (SSSR count). The zero-order valence-corrected chi connectivity index (χ0v) is 28.1. The van der Waals surface area contributed by atoms with E-state index in [0.717, 1.165) is 0 Å². The van der Waals surface area contributed by atoms with Gasteiger partial charge in [0, 0.05) is 61.8 Å². The number of ether oxygens (including phenoxy) is 1. The van der Waals surface area contributed by atoms with Crippen molar-refractivity contribution in [3.8, 4) is 17.0 Å². The number of imidazole rings is 1. The SMILES string of the molecule is COc1ccc(-c2cnc3c(Nc4ccc(C(=O)N5CCN(C(=O)C(CCN)NC(=O)CCC(N)C(=O)O)CC5)c(C)c4)nccn23)c(F)c1F. The average Bonchev–Trinajstić information content (AvgIpc) is 3.56. The number of amides is 3. The first-order valence-corrected chi connectivity index (χ1v) is 16.2. The predicted molar refractivity (Wildman–Crippen MR) is 182 cm³/mol. The van der Waals surface area contributed by atoms with Crippen LogP contribution >= 0.6 is 0 Å². The van der Waals surface area contributed by atoms with Gasteiger partial charge in [0.05, 0.1) is 19.0 Å². The van der Waals surface area contributed by atoms with Gasteiger partial charge in [-0.1, -0.05) is 0 Å². The Labute approximate surface area is 291 Å². The van der Waals surface area contributed by atoms with E-state index in [9.17, 15) is 28.0 Å². The summed E-state index contributed by atoms with van der Waals surface area (Å²) in [6.45, 7) is 2.98. The van der Waals surface area contributed by atoms with Gasteiger partial charge in [0.25, 0.3) is 5.91 Å². The van der Waals surface area contributed by atoms with E-state index in [-0.39, 0.29) is 75.1 Å². The number of hydrogen-bond acceptors (Lipinski definition) is 10. The van der Waals surface area contributed by atoms with Gasteiger partial charge in [0.15, 0.2) is 23.0 Å². The third-order valence-corrected chi connectivity index (χ3v) is 8.66. The minimum atomic E-state index is -1.21. The minimum absolute atomic E-state index is 0.000392. The number of benzene rings is 2. The fourth-order valence-electron chi connectivity index (χ4n) is 5.83. The minimum Gasteiger partial charge on any atom is -0.494 e. The summed E-state index contributed by atoms with van der Waals surface area (Å²) in [6, 6.07) is 5.88. The van der Waals surface area contributed by atoms with Crippen molar-refractivity contribution in [1.82, 2.24) is 29.5 Å². The number of rotatable bonds is 13. The van der Waals surface area contributed by atoms with Gasteiger partial charge in [-0.3, -0.25) is 23.6 Å². The number of nitrogens with one attached hydrogen (secondary N) is 2. The van der Waals surface area contributed by atoms with Crippen LogP contribution in [-0.4, -0.2) is 105 Å². The molecule has 15 nitrogen and oxygen atoms in total. The zero-order valence-electron chi connectivity index (χ0n) is 28.1. The number of anilines is 2. The topological polar surface area (TPSA) is 211 Å². The molecule has 1 saturated heterocycles. The molecule has 1 fully saturated rings. The third-order valence-electron chi connectivity index (χ3n) is 8.66. The lowest BCUT2D eigenvalue weighted by molar-refractivity contribution is -0.139. The molecule has 17 heteroatoms. The largest absolute Gasteiger partial charge is 0.494 e. The number of carbonyl (C=O) groups excluding carboxylic acids is 3. The molecule has 270 valence electrons. The van der Waals surface area contributed by atoms with Crippen LogP contribution in [0.5, 0.6) is 5.75 Å². The Balaban J connectivity index is 1.21. The van der Waals surface area contributed by atoms with E-state index >= 15 is 0 Å². The lowest BCUT2D eigenvalue weighted by atomic mass is 10.1. The predicted octanol–water partition coefficient (Wildman–Crippen LogP) is 2.05. The fourth-order valence-corrected chi connectivity index (χ4v) is 5.83. The standard InChI is InChI=1S/C34H39F2N9O6/c1-19-17-20(41-30-31-40-18-25(45(31)12-11-39-30)22-5-7-26(51-2)29(36)28(22)35)3-4-21(19)32(47)43-13-15-44(16-14-43)33(48)24(9-10-37)42-27(46)8-6-23(38)34(49)50/h3-5,7,11-12,17-18,23-24H,6,8-10,13-16,37-38H2,1-2H3,(H,39,41)(H,42,46)(H,49,50). The summed E-state index contributed by atoms with van der Waals surface area (Å²) in [5.41, 5.74) is 13.6. The Hall–Kier alpha value is -5.68. The van der Waals surface area contributed by atoms with Crippen LogP contribution in [0.2, 0.25) is 0 Å². The molecule has 3 amide bonds. The molecule has 0 spiro atoms. The molecular weight excluding hydrogens is 668 g/mol. The summed E-state index contributed by atoms with van der Waals surface area (Å²) in [5, 5.41) is 14.8. The second-order valence-corrected chi connectivity index (χ2v) is 12.0. The molecule has 0 saturated carbocycles. The number of aliphatic carboxylic acids is 1. The maximum Gasteiger partial charge on any atom is 0.320 e. The lowest BCUT2D eigenvalue weighted by Gasteiger charge is -2.36. The summed E-state index contributed by atoms with van der Waals surface area (Å²) in [6.07, 6.45) is 4.47. The number of hydrogen-bond donors (Lipinski definition) is 5. The van der Waals surface area contributed by atoms with Gasteiger partial charge in [-0.15, -0.1) is 0 Å². The average molecular weight is 708 g/mol. The van der Waals surface area contributed by atoms with E-state index in [1.807, 2.05) is 0 Å². The van der Waals surface area contributed by atoms with Crippen molar-refractivity contribution in [2.24, 2.45) is 11.5 Å². The van der Waals surface area contributed by atoms with Crippen LogP contribution in [0.4, 0.5) is 20.3 Å². The van der Waals surface area contributed by atoms with Gasteiger partial charge in [0.2, 0.25) is 17.6 Å². The number of halogens is 2. The maximum atomic E-state index is 14.9. The highest BCUT2D eigenvalue weighted by atomic mass is 19.2. The van der Waals surface area contributed by atoms with Crippen molar-refractivity contribution in [2.45, 2.75) is 38.3 Å². The number of fused-ring (bicyclic) bond motifs is 1. The molecule has 3 heterocycles. The van der Waals surface area contributed by atoms with Crippen molar-refractivity contribution in [3.05, 3.63) is 71.7 Å². The monoisotopic (exact) mass is 707 g/mol. The van der Waals surface area contributed by atoms with Crippen molar-refractivity contribution < 1.29 is 37.8 Å². The molecule has 4 aromatic rings. The van der Waals surface area contributed by atoms with Crippen LogP contribution in [0.3, 0.4) is 0 Å². The Bertz CT molecular complexity index is 1950.